The van der Waals surface area contributed by atoms with Crippen LogP contribution in [-0.2, 0) is 0 Å². The standard InChI is InChI=1S/C10H10ClFN2/c1-14(7-8(11)6-13)10-4-2-3-9(12)5-10/h2-5,8H,7H2,1H3. The van der Waals surface area contributed by atoms with Crippen LogP contribution in [0.15, 0.2) is 24.3 Å². The largest absolute Gasteiger partial charge is 0.372 e. The van der Waals surface area contributed by atoms with Crippen LogP contribution in [0.5, 0.6) is 0 Å². The van der Waals surface area contributed by atoms with E-state index in [4.69, 9.17) is 16.9 Å². The summed E-state index contributed by atoms with van der Waals surface area (Å²) in [5, 5.41) is 7.92. The highest BCUT2D eigenvalue weighted by Crippen LogP contribution is 2.14. The molecule has 0 heterocycles. The highest BCUT2D eigenvalue weighted by molar-refractivity contribution is 6.22. The Morgan fingerprint density at radius 1 is 1.64 bits per heavy atom. The van der Waals surface area contributed by atoms with E-state index in [9.17, 15) is 4.39 Å². The summed E-state index contributed by atoms with van der Waals surface area (Å²) in [5.41, 5.74) is 0.714. The minimum Gasteiger partial charge on any atom is -0.372 e. The number of rotatable bonds is 3. The monoisotopic (exact) mass is 212 g/mol. The summed E-state index contributed by atoms with van der Waals surface area (Å²) >= 11 is 5.65. The molecule has 1 aromatic rings. The fraction of sp³-hybridized carbons (Fsp3) is 0.300. The van der Waals surface area contributed by atoms with Gasteiger partial charge in [-0.1, -0.05) is 6.07 Å². The van der Waals surface area contributed by atoms with E-state index in [0.717, 1.165) is 0 Å². The molecule has 0 aliphatic heterocycles. The molecule has 1 unspecified atom stereocenters. The molecule has 2 nitrogen and oxygen atoms in total. The van der Waals surface area contributed by atoms with Gasteiger partial charge in [0.25, 0.3) is 0 Å². The molecule has 0 N–H and O–H groups in total. The van der Waals surface area contributed by atoms with Crippen molar-refractivity contribution in [3.05, 3.63) is 30.1 Å². The summed E-state index contributed by atoms with van der Waals surface area (Å²) in [6.07, 6.45) is 0. The molecule has 0 saturated heterocycles. The van der Waals surface area contributed by atoms with E-state index in [-0.39, 0.29) is 5.82 Å². The zero-order chi connectivity index (χ0) is 10.6. The average Bonchev–Trinajstić information content (AvgIpc) is 2.17. The second kappa shape index (κ2) is 4.83. The summed E-state index contributed by atoms with van der Waals surface area (Å²) in [7, 11) is 1.77. The van der Waals surface area contributed by atoms with E-state index in [1.54, 1.807) is 24.1 Å². The molecule has 0 aliphatic carbocycles. The first-order valence-electron chi connectivity index (χ1n) is 4.14. The minimum absolute atomic E-state index is 0.294. The summed E-state index contributed by atoms with van der Waals surface area (Å²) in [6, 6.07) is 8.08. The second-order valence-electron chi connectivity index (χ2n) is 2.96. The van der Waals surface area contributed by atoms with E-state index < -0.39 is 5.38 Å². The molecule has 4 heteroatoms. The number of benzene rings is 1. The molecule has 1 aromatic carbocycles. The summed E-state index contributed by atoms with van der Waals surface area (Å²) in [4.78, 5) is 1.74. The van der Waals surface area contributed by atoms with Crippen LogP contribution in [0, 0.1) is 17.1 Å². The van der Waals surface area contributed by atoms with E-state index in [1.165, 1.54) is 12.1 Å². The van der Waals surface area contributed by atoms with Crippen LogP contribution >= 0.6 is 11.6 Å². The van der Waals surface area contributed by atoms with Crippen molar-refractivity contribution in [3.63, 3.8) is 0 Å². The van der Waals surface area contributed by atoms with Crippen molar-refractivity contribution < 1.29 is 4.39 Å². The molecule has 0 saturated carbocycles. The molecule has 0 radical (unpaired) electrons. The number of hydrogen-bond donors (Lipinski definition) is 0. The predicted molar refractivity (Wildman–Crippen MR) is 54.9 cm³/mol. The van der Waals surface area contributed by atoms with Crippen molar-refractivity contribution in [1.82, 2.24) is 0 Å². The smallest absolute Gasteiger partial charge is 0.137 e. The lowest BCUT2D eigenvalue weighted by atomic mass is 10.3. The number of anilines is 1. The highest BCUT2D eigenvalue weighted by Gasteiger charge is 2.07. The van der Waals surface area contributed by atoms with E-state index in [1.807, 2.05) is 6.07 Å². The highest BCUT2D eigenvalue weighted by atomic mass is 35.5. The lowest BCUT2D eigenvalue weighted by Gasteiger charge is -2.19. The Kier molecular flexibility index (Phi) is 3.73. The van der Waals surface area contributed by atoms with Crippen molar-refractivity contribution >= 4 is 17.3 Å². The molecule has 0 amide bonds. The molecule has 14 heavy (non-hydrogen) atoms. The first kappa shape index (κ1) is 10.8. The van der Waals surface area contributed by atoms with E-state index in [2.05, 4.69) is 0 Å². The summed E-state index contributed by atoms with van der Waals surface area (Å²) in [5.74, 6) is -0.294. The van der Waals surface area contributed by atoms with Crippen LogP contribution in [0.25, 0.3) is 0 Å². The number of hydrogen-bond acceptors (Lipinski definition) is 2. The van der Waals surface area contributed by atoms with Crippen molar-refractivity contribution in [2.45, 2.75) is 5.38 Å². The number of halogens is 2. The minimum atomic E-state index is -0.580. The Morgan fingerprint density at radius 3 is 2.93 bits per heavy atom. The quantitative estimate of drug-likeness (QED) is 0.720. The maximum absolute atomic E-state index is 12.8. The fourth-order valence-electron chi connectivity index (χ4n) is 1.10. The predicted octanol–water partition coefficient (Wildman–Crippen LogP) is 2.39. The molecular formula is C10H10ClFN2. The van der Waals surface area contributed by atoms with Crippen molar-refractivity contribution in [2.75, 3.05) is 18.5 Å². The molecule has 1 atom stereocenters. The molecular weight excluding hydrogens is 203 g/mol. The maximum Gasteiger partial charge on any atom is 0.137 e. The molecule has 74 valence electrons. The first-order valence-corrected chi connectivity index (χ1v) is 4.57. The van der Waals surface area contributed by atoms with Gasteiger partial charge in [0, 0.05) is 19.3 Å². The molecule has 0 spiro atoms. The number of nitrogens with zero attached hydrogens (tertiary/aromatic N) is 2. The van der Waals surface area contributed by atoms with Gasteiger partial charge in [-0.25, -0.2) is 4.39 Å². The molecule has 0 fully saturated rings. The van der Waals surface area contributed by atoms with Gasteiger partial charge in [-0.05, 0) is 18.2 Å². The third-order valence-corrected chi connectivity index (χ3v) is 2.06. The third kappa shape index (κ3) is 2.90. The summed E-state index contributed by atoms with van der Waals surface area (Å²) in [6.45, 7) is 0.376. The average molecular weight is 213 g/mol. The van der Waals surface area contributed by atoms with Crippen LogP contribution in [0.2, 0.25) is 0 Å². The van der Waals surface area contributed by atoms with Gasteiger partial charge < -0.3 is 4.90 Å². The number of alkyl halides is 1. The fourth-order valence-corrected chi connectivity index (χ4v) is 1.31. The van der Waals surface area contributed by atoms with Crippen molar-refractivity contribution in [2.24, 2.45) is 0 Å². The number of nitriles is 1. The SMILES string of the molecule is CN(CC(Cl)C#N)c1cccc(F)c1. The molecule has 0 aliphatic rings. The Morgan fingerprint density at radius 2 is 2.36 bits per heavy atom. The van der Waals surface area contributed by atoms with Crippen LogP contribution in [0.4, 0.5) is 10.1 Å². The zero-order valence-corrected chi connectivity index (χ0v) is 8.50. The molecule has 0 bridgehead atoms. The van der Waals surface area contributed by atoms with E-state index >= 15 is 0 Å². The Hall–Kier alpha value is -1.27. The van der Waals surface area contributed by atoms with Crippen LogP contribution in [-0.4, -0.2) is 19.0 Å². The Labute approximate surface area is 87.5 Å². The third-order valence-electron chi connectivity index (χ3n) is 1.82. The summed E-state index contributed by atoms with van der Waals surface area (Å²) < 4.78 is 12.8. The normalized spacial score (nSPS) is 11.9. The van der Waals surface area contributed by atoms with Gasteiger partial charge in [0.2, 0.25) is 0 Å². The molecule has 0 aromatic heterocycles. The van der Waals surface area contributed by atoms with Gasteiger partial charge >= 0.3 is 0 Å². The molecule has 1 rings (SSSR count). The lowest BCUT2D eigenvalue weighted by Crippen LogP contribution is -2.24. The Balaban J connectivity index is 2.70. The van der Waals surface area contributed by atoms with Gasteiger partial charge in [-0.3, -0.25) is 0 Å². The second-order valence-corrected chi connectivity index (χ2v) is 3.48. The van der Waals surface area contributed by atoms with Gasteiger partial charge in [-0.15, -0.1) is 11.6 Å². The zero-order valence-electron chi connectivity index (χ0n) is 7.74. The van der Waals surface area contributed by atoms with Gasteiger partial charge in [0.1, 0.15) is 11.2 Å². The van der Waals surface area contributed by atoms with Gasteiger partial charge in [0.05, 0.1) is 6.07 Å². The lowest BCUT2D eigenvalue weighted by molar-refractivity contribution is 0.627. The van der Waals surface area contributed by atoms with Crippen LogP contribution in [0.3, 0.4) is 0 Å². The van der Waals surface area contributed by atoms with Gasteiger partial charge in [-0.2, -0.15) is 5.26 Å². The maximum atomic E-state index is 12.8. The topological polar surface area (TPSA) is 27.0 Å². The van der Waals surface area contributed by atoms with Crippen molar-refractivity contribution in [3.8, 4) is 6.07 Å². The van der Waals surface area contributed by atoms with Crippen LogP contribution in [0.1, 0.15) is 0 Å². The van der Waals surface area contributed by atoms with E-state index in [0.29, 0.717) is 12.2 Å². The van der Waals surface area contributed by atoms with Crippen LogP contribution < -0.4 is 4.90 Å². The first-order chi connectivity index (χ1) is 6.63. The van der Waals surface area contributed by atoms with Gasteiger partial charge in [0.15, 0.2) is 0 Å². The Bertz CT molecular complexity index is 348. The van der Waals surface area contributed by atoms with Crippen molar-refractivity contribution in [1.29, 1.82) is 5.26 Å².